The molecule has 0 saturated heterocycles. The molecular weight excluding hydrogens is 223 g/mol. The number of hydrogen-bond acceptors (Lipinski definition) is 0. The van der Waals surface area contributed by atoms with Crippen molar-refractivity contribution in [3.8, 4) is 0 Å². The predicted molar refractivity (Wildman–Crippen MR) is 81.6 cm³/mol. The first kappa shape index (κ1) is 14.8. The van der Waals surface area contributed by atoms with E-state index in [0.29, 0.717) is 0 Å². The molecule has 0 N–H and O–H groups in total. The molecule has 1 aromatic heterocycles. The number of unbranched alkanes of at least 4 members (excludes halogenated alkanes) is 6. The second-order valence-electron chi connectivity index (χ2n) is 5.10. The first-order valence-corrected chi connectivity index (χ1v) is 8.61. The molecule has 0 saturated carbocycles. The van der Waals surface area contributed by atoms with Crippen LogP contribution in [-0.2, 0) is 12.8 Å². The van der Waals surface area contributed by atoms with Crippen LogP contribution in [0.2, 0.25) is 0 Å². The van der Waals surface area contributed by atoms with Crippen molar-refractivity contribution in [1.29, 1.82) is 0 Å². The van der Waals surface area contributed by atoms with Crippen LogP contribution in [-0.4, -0.2) is 0 Å². The third kappa shape index (κ3) is 6.32. The predicted octanol–water partition coefficient (Wildman–Crippen LogP) is 5.96. The quantitative estimate of drug-likeness (QED) is 0.450. The summed E-state index contributed by atoms with van der Waals surface area (Å²) in [5.41, 5.74) is 1.69. The lowest BCUT2D eigenvalue weighted by atomic mass is 10.0. The normalized spacial score (nSPS) is 11.4. The van der Waals surface area contributed by atoms with E-state index in [1.165, 1.54) is 64.2 Å². The van der Waals surface area contributed by atoms with Gasteiger partial charge in [-0.15, -0.1) is 8.19 Å². The van der Waals surface area contributed by atoms with Crippen LogP contribution in [0.3, 0.4) is 0 Å². The molecule has 98 valence electrons. The maximum absolute atomic E-state index is 2.40. The molecule has 1 aromatic rings. The molecule has 0 aliphatic carbocycles. The van der Waals surface area contributed by atoms with Gasteiger partial charge < -0.3 is 0 Å². The second-order valence-corrected chi connectivity index (χ2v) is 6.33. The Morgan fingerprint density at radius 3 is 2.12 bits per heavy atom. The van der Waals surface area contributed by atoms with Crippen molar-refractivity contribution in [2.75, 3.05) is 0 Å². The lowest BCUT2D eigenvalue weighted by Crippen LogP contribution is -1.90. The van der Waals surface area contributed by atoms with Crippen LogP contribution >= 0.6 is 8.19 Å². The Morgan fingerprint density at radius 1 is 0.824 bits per heavy atom. The van der Waals surface area contributed by atoms with Crippen molar-refractivity contribution in [2.24, 2.45) is 0 Å². The van der Waals surface area contributed by atoms with Crippen LogP contribution in [0.25, 0.3) is 0 Å². The minimum Gasteiger partial charge on any atom is -0.136 e. The van der Waals surface area contributed by atoms with Gasteiger partial charge in [-0.25, -0.2) is 0 Å². The second kappa shape index (κ2) is 9.77. The number of rotatable bonds is 10. The minimum atomic E-state index is 1.00. The summed E-state index contributed by atoms with van der Waals surface area (Å²) in [5.74, 6) is 2.39. The SMILES string of the molecule is CCCCCCc1cc[pH]c1CCCCCC. The van der Waals surface area contributed by atoms with Gasteiger partial charge in [-0.1, -0.05) is 58.4 Å². The largest absolute Gasteiger partial charge is 0.136 e. The van der Waals surface area contributed by atoms with Crippen LogP contribution < -0.4 is 0 Å². The fourth-order valence-corrected chi connectivity index (χ4v) is 3.57. The Balaban J connectivity index is 2.22. The van der Waals surface area contributed by atoms with Gasteiger partial charge in [0.15, 0.2) is 0 Å². The summed E-state index contributed by atoms with van der Waals surface area (Å²) in [7, 11) is 1.00. The summed E-state index contributed by atoms with van der Waals surface area (Å²) < 4.78 is 0. The zero-order chi connectivity index (χ0) is 12.3. The van der Waals surface area contributed by atoms with Crippen LogP contribution in [0, 0.1) is 0 Å². The summed E-state index contributed by atoms with van der Waals surface area (Å²) in [6.07, 6.45) is 13.9. The Morgan fingerprint density at radius 2 is 1.47 bits per heavy atom. The highest BCUT2D eigenvalue weighted by atomic mass is 31.0. The van der Waals surface area contributed by atoms with E-state index in [1.54, 1.807) is 10.9 Å². The maximum atomic E-state index is 2.40. The minimum absolute atomic E-state index is 1.00. The molecule has 0 bridgehead atoms. The van der Waals surface area contributed by atoms with E-state index in [-0.39, 0.29) is 0 Å². The van der Waals surface area contributed by atoms with Gasteiger partial charge in [0.05, 0.1) is 0 Å². The summed E-state index contributed by atoms with van der Waals surface area (Å²) in [5, 5.41) is 1.78. The van der Waals surface area contributed by atoms with Crippen molar-refractivity contribution in [1.82, 2.24) is 0 Å². The molecule has 0 amide bonds. The van der Waals surface area contributed by atoms with Crippen LogP contribution in [0.4, 0.5) is 0 Å². The average Bonchev–Trinajstić information content (AvgIpc) is 2.78. The molecule has 1 heteroatoms. The molecule has 1 atom stereocenters. The van der Waals surface area contributed by atoms with Crippen LogP contribution in [0.1, 0.15) is 76.1 Å². The Kier molecular flexibility index (Phi) is 8.53. The molecule has 0 radical (unpaired) electrons. The summed E-state index contributed by atoms with van der Waals surface area (Å²) in [4.78, 5) is 0. The first-order valence-electron chi connectivity index (χ1n) is 7.53. The van der Waals surface area contributed by atoms with Gasteiger partial charge in [-0.2, -0.15) is 0 Å². The summed E-state index contributed by atoms with van der Waals surface area (Å²) in [6.45, 7) is 4.58. The number of aryl methyl sites for hydroxylation is 2. The molecular formula is C16H29P. The standard InChI is InChI=1S/C16H29P/c1-3-5-7-9-11-15-13-14-17-16(15)12-10-8-6-4-2/h13-14,17H,3-12H2,1-2H3. The smallest absolute Gasteiger partial charge is 0.0241 e. The average molecular weight is 252 g/mol. The van der Waals surface area contributed by atoms with E-state index >= 15 is 0 Å². The fraction of sp³-hybridized carbons (Fsp3) is 0.750. The van der Waals surface area contributed by atoms with Crippen LogP contribution in [0.5, 0.6) is 0 Å². The van der Waals surface area contributed by atoms with E-state index in [4.69, 9.17) is 0 Å². The lowest BCUT2D eigenvalue weighted by molar-refractivity contribution is 0.654. The molecule has 0 nitrogen and oxygen atoms in total. The molecule has 0 aliphatic rings. The van der Waals surface area contributed by atoms with E-state index in [0.717, 1.165) is 8.19 Å². The molecule has 0 fully saturated rings. The molecule has 0 aromatic carbocycles. The Labute approximate surface area is 109 Å². The topological polar surface area (TPSA) is 0 Å². The lowest BCUT2D eigenvalue weighted by Gasteiger charge is -2.04. The van der Waals surface area contributed by atoms with E-state index in [2.05, 4.69) is 25.7 Å². The Bertz CT molecular complexity index is 248. The van der Waals surface area contributed by atoms with Gasteiger partial charge in [-0.3, -0.25) is 0 Å². The highest BCUT2D eigenvalue weighted by Crippen LogP contribution is 2.25. The molecule has 0 spiro atoms. The van der Waals surface area contributed by atoms with Crippen molar-refractivity contribution in [3.63, 3.8) is 0 Å². The van der Waals surface area contributed by atoms with Crippen molar-refractivity contribution in [3.05, 3.63) is 22.7 Å². The van der Waals surface area contributed by atoms with Crippen LogP contribution in [0.15, 0.2) is 11.9 Å². The third-order valence-corrected chi connectivity index (χ3v) is 4.76. The maximum Gasteiger partial charge on any atom is -0.0241 e. The van der Waals surface area contributed by atoms with Crippen molar-refractivity contribution < 1.29 is 0 Å². The van der Waals surface area contributed by atoms with Gasteiger partial charge in [0, 0.05) is 0 Å². The van der Waals surface area contributed by atoms with E-state index in [1.807, 2.05) is 0 Å². The van der Waals surface area contributed by atoms with Gasteiger partial charge in [-0.05, 0) is 42.3 Å². The van der Waals surface area contributed by atoms with Gasteiger partial charge in [0.2, 0.25) is 0 Å². The first-order chi connectivity index (χ1) is 8.38. The number of hydrogen-bond donors (Lipinski definition) is 0. The van der Waals surface area contributed by atoms with Gasteiger partial charge in [0.25, 0.3) is 0 Å². The van der Waals surface area contributed by atoms with E-state index < -0.39 is 0 Å². The zero-order valence-electron chi connectivity index (χ0n) is 11.7. The molecule has 1 unspecified atom stereocenters. The summed E-state index contributed by atoms with van der Waals surface area (Å²) >= 11 is 0. The highest BCUT2D eigenvalue weighted by molar-refractivity contribution is 7.30. The van der Waals surface area contributed by atoms with Gasteiger partial charge in [0.1, 0.15) is 0 Å². The zero-order valence-corrected chi connectivity index (χ0v) is 12.7. The molecule has 0 aliphatic heterocycles. The highest BCUT2D eigenvalue weighted by Gasteiger charge is 2.02. The molecule has 1 rings (SSSR count). The Hall–Kier alpha value is -0.220. The van der Waals surface area contributed by atoms with Gasteiger partial charge >= 0.3 is 0 Å². The fourth-order valence-electron chi connectivity index (χ4n) is 2.37. The third-order valence-electron chi connectivity index (χ3n) is 3.51. The molecule has 1 heterocycles. The summed E-state index contributed by atoms with van der Waals surface area (Å²) in [6, 6.07) is 2.40. The molecule has 17 heavy (non-hydrogen) atoms. The van der Waals surface area contributed by atoms with Crippen molar-refractivity contribution >= 4 is 8.19 Å². The van der Waals surface area contributed by atoms with E-state index in [9.17, 15) is 0 Å². The monoisotopic (exact) mass is 252 g/mol. The van der Waals surface area contributed by atoms with Crippen molar-refractivity contribution in [2.45, 2.75) is 78.1 Å².